The summed E-state index contributed by atoms with van der Waals surface area (Å²) in [6, 6.07) is 8.18. The Balaban J connectivity index is 2.09. The van der Waals surface area contributed by atoms with Crippen LogP contribution in [0.15, 0.2) is 24.3 Å². The number of rotatable bonds is 4. The molecular formula is C15H22N2O2. The minimum absolute atomic E-state index is 0.0404. The molecule has 4 nitrogen and oxygen atoms in total. The summed E-state index contributed by atoms with van der Waals surface area (Å²) in [6.07, 6.45) is 1.46. The molecule has 4 heteroatoms. The summed E-state index contributed by atoms with van der Waals surface area (Å²) in [5, 5.41) is 12.1. The normalized spacial score (nSPS) is 20.9. The lowest BCUT2D eigenvalue weighted by Gasteiger charge is -2.27. The number of hydrogen-bond donors (Lipinski definition) is 2. The molecule has 0 aliphatic carbocycles. The predicted molar refractivity (Wildman–Crippen MR) is 74.7 cm³/mol. The number of aliphatic hydroxyl groups excluding tert-OH is 1. The van der Waals surface area contributed by atoms with Crippen LogP contribution < -0.4 is 5.32 Å². The number of aryl methyl sites for hydroxylation is 1. The molecule has 104 valence electrons. The Morgan fingerprint density at radius 1 is 1.37 bits per heavy atom. The fourth-order valence-electron chi connectivity index (χ4n) is 2.49. The number of amides is 1. The third-order valence-corrected chi connectivity index (χ3v) is 3.57. The number of hydrogen-bond acceptors (Lipinski definition) is 3. The molecule has 0 spiro atoms. The summed E-state index contributed by atoms with van der Waals surface area (Å²) in [5.41, 5.74) is 2.45. The van der Waals surface area contributed by atoms with E-state index in [1.165, 1.54) is 11.1 Å². The second-order valence-corrected chi connectivity index (χ2v) is 5.13. The number of benzene rings is 1. The van der Waals surface area contributed by atoms with Gasteiger partial charge in [0.2, 0.25) is 5.91 Å². The third kappa shape index (κ3) is 3.78. The Morgan fingerprint density at radius 3 is 2.79 bits per heavy atom. The molecule has 0 radical (unpaired) electrons. The van der Waals surface area contributed by atoms with Crippen LogP contribution in [-0.4, -0.2) is 41.7 Å². The van der Waals surface area contributed by atoms with Gasteiger partial charge in [-0.3, -0.25) is 9.69 Å². The van der Waals surface area contributed by atoms with Crippen LogP contribution in [0.1, 0.15) is 24.0 Å². The number of aliphatic hydroxyl groups is 1. The number of carbonyl (C=O) groups excluding carboxylic acids is 1. The Bertz CT molecular complexity index is 417. The zero-order chi connectivity index (χ0) is 13.7. The van der Waals surface area contributed by atoms with E-state index in [0.29, 0.717) is 6.42 Å². The van der Waals surface area contributed by atoms with Gasteiger partial charge in [-0.05, 0) is 25.3 Å². The highest BCUT2D eigenvalue weighted by Crippen LogP contribution is 2.14. The quantitative estimate of drug-likeness (QED) is 0.853. The summed E-state index contributed by atoms with van der Waals surface area (Å²) in [4.78, 5) is 14.2. The number of nitrogens with one attached hydrogen (secondary N) is 1. The molecule has 1 heterocycles. The van der Waals surface area contributed by atoms with E-state index in [0.717, 1.165) is 26.1 Å². The zero-order valence-corrected chi connectivity index (χ0v) is 11.4. The summed E-state index contributed by atoms with van der Waals surface area (Å²) in [5.74, 6) is 0.0404. The van der Waals surface area contributed by atoms with E-state index in [9.17, 15) is 4.79 Å². The predicted octanol–water partition coefficient (Wildman–Crippen LogP) is 1.07. The van der Waals surface area contributed by atoms with Crippen molar-refractivity contribution in [2.75, 3.05) is 19.7 Å². The first kappa shape index (κ1) is 14.0. The molecule has 1 amide bonds. The molecule has 0 saturated carbocycles. The van der Waals surface area contributed by atoms with Gasteiger partial charge >= 0.3 is 0 Å². The minimum atomic E-state index is -0.214. The molecule has 0 bridgehead atoms. The second-order valence-electron chi connectivity index (χ2n) is 5.13. The fourth-order valence-corrected chi connectivity index (χ4v) is 2.49. The standard InChI is InChI=1S/C15H22N2O2/c1-12-3-5-13(6-4-12)11-17-9-2-8-16-15(19)14(17)7-10-18/h3-6,14,18H,2,7-11H2,1H3,(H,16,19). The maximum absolute atomic E-state index is 12.0. The van der Waals surface area contributed by atoms with Crippen LogP contribution in [0.3, 0.4) is 0 Å². The molecule has 19 heavy (non-hydrogen) atoms. The van der Waals surface area contributed by atoms with E-state index in [-0.39, 0.29) is 18.6 Å². The van der Waals surface area contributed by atoms with Crippen molar-refractivity contribution in [3.8, 4) is 0 Å². The van der Waals surface area contributed by atoms with E-state index in [1.54, 1.807) is 0 Å². The Labute approximate surface area is 114 Å². The average molecular weight is 262 g/mol. The maximum atomic E-state index is 12.0. The van der Waals surface area contributed by atoms with E-state index in [1.807, 2.05) is 0 Å². The van der Waals surface area contributed by atoms with Gasteiger partial charge in [0.1, 0.15) is 0 Å². The van der Waals surface area contributed by atoms with Crippen molar-refractivity contribution in [1.82, 2.24) is 10.2 Å². The smallest absolute Gasteiger partial charge is 0.237 e. The molecule has 0 aromatic heterocycles. The number of carbonyl (C=O) groups is 1. The van der Waals surface area contributed by atoms with Gasteiger partial charge in [0, 0.05) is 26.2 Å². The molecule has 1 aromatic carbocycles. The third-order valence-electron chi connectivity index (χ3n) is 3.57. The topological polar surface area (TPSA) is 52.6 Å². The molecule has 1 saturated heterocycles. The molecule has 1 atom stereocenters. The van der Waals surface area contributed by atoms with Crippen LogP contribution in [0.5, 0.6) is 0 Å². The first-order valence-corrected chi connectivity index (χ1v) is 6.89. The Kier molecular flexibility index (Phi) is 4.93. The summed E-state index contributed by atoms with van der Waals surface area (Å²) in [6.45, 7) is 4.49. The maximum Gasteiger partial charge on any atom is 0.237 e. The zero-order valence-electron chi connectivity index (χ0n) is 11.4. The largest absolute Gasteiger partial charge is 0.396 e. The van der Waals surface area contributed by atoms with E-state index < -0.39 is 0 Å². The van der Waals surface area contributed by atoms with Gasteiger partial charge in [-0.25, -0.2) is 0 Å². The van der Waals surface area contributed by atoms with Gasteiger partial charge in [0.25, 0.3) is 0 Å². The lowest BCUT2D eigenvalue weighted by atomic mass is 10.1. The summed E-state index contributed by atoms with van der Waals surface area (Å²) in [7, 11) is 0. The molecule has 1 aliphatic rings. The minimum Gasteiger partial charge on any atom is -0.396 e. The molecule has 2 rings (SSSR count). The molecule has 1 aromatic rings. The van der Waals surface area contributed by atoms with Crippen molar-refractivity contribution in [2.45, 2.75) is 32.4 Å². The molecule has 2 N–H and O–H groups in total. The van der Waals surface area contributed by atoms with Gasteiger partial charge in [0.15, 0.2) is 0 Å². The highest BCUT2D eigenvalue weighted by atomic mass is 16.3. The fraction of sp³-hybridized carbons (Fsp3) is 0.533. The summed E-state index contributed by atoms with van der Waals surface area (Å²) >= 11 is 0. The van der Waals surface area contributed by atoms with Crippen LogP contribution in [0.2, 0.25) is 0 Å². The van der Waals surface area contributed by atoms with Gasteiger partial charge in [0.05, 0.1) is 6.04 Å². The highest BCUT2D eigenvalue weighted by molar-refractivity contribution is 5.81. The van der Waals surface area contributed by atoms with Crippen LogP contribution in [0, 0.1) is 6.92 Å². The second kappa shape index (κ2) is 6.68. The van der Waals surface area contributed by atoms with Crippen molar-refractivity contribution in [3.05, 3.63) is 35.4 Å². The average Bonchev–Trinajstić information content (AvgIpc) is 2.57. The molecule has 1 fully saturated rings. The Morgan fingerprint density at radius 2 is 2.11 bits per heavy atom. The van der Waals surface area contributed by atoms with E-state index >= 15 is 0 Å². The monoisotopic (exact) mass is 262 g/mol. The summed E-state index contributed by atoms with van der Waals surface area (Å²) < 4.78 is 0. The van der Waals surface area contributed by atoms with Crippen molar-refractivity contribution in [2.24, 2.45) is 0 Å². The van der Waals surface area contributed by atoms with Crippen LogP contribution in [-0.2, 0) is 11.3 Å². The lowest BCUT2D eigenvalue weighted by Crippen LogP contribution is -2.44. The Hall–Kier alpha value is -1.39. The van der Waals surface area contributed by atoms with Gasteiger partial charge in [-0.1, -0.05) is 29.8 Å². The van der Waals surface area contributed by atoms with E-state index in [2.05, 4.69) is 41.4 Å². The molecule has 1 unspecified atom stereocenters. The first-order chi connectivity index (χ1) is 9.20. The van der Waals surface area contributed by atoms with Crippen molar-refractivity contribution in [1.29, 1.82) is 0 Å². The van der Waals surface area contributed by atoms with Gasteiger partial charge in [-0.15, -0.1) is 0 Å². The lowest BCUT2D eigenvalue weighted by molar-refractivity contribution is -0.126. The van der Waals surface area contributed by atoms with Crippen LogP contribution in [0.4, 0.5) is 0 Å². The highest BCUT2D eigenvalue weighted by Gasteiger charge is 2.27. The van der Waals surface area contributed by atoms with Crippen molar-refractivity contribution >= 4 is 5.91 Å². The molecule has 1 aliphatic heterocycles. The van der Waals surface area contributed by atoms with Crippen molar-refractivity contribution in [3.63, 3.8) is 0 Å². The number of nitrogens with zero attached hydrogens (tertiary/aromatic N) is 1. The van der Waals surface area contributed by atoms with E-state index in [4.69, 9.17) is 5.11 Å². The van der Waals surface area contributed by atoms with Crippen molar-refractivity contribution < 1.29 is 9.90 Å². The van der Waals surface area contributed by atoms with Gasteiger partial charge in [-0.2, -0.15) is 0 Å². The van der Waals surface area contributed by atoms with Crippen LogP contribution >= 0.6 is 0 Å². The first-order valence-electron chi connectivity index (χ1n) is 6.89. The SMILES string of the molecule is Cc1ccc(CN2CCCNC(=O)C2CCO)cc1. The van der Waals surface area contributed by atoms with Gasteiger partial charge < -0.3 is 10.4 Å². The molecular weight excluding hydrogens is 240 g/mol. The van der Waals surface area contributed by atoms with Crippen LogP contribution in [0.25, 0.3) is 0 Å².